The highest BCUT2D eigenvalue weighted by atomic mass is 35.5. The Kier molecular flexibility index (Phi) is 5.20. The fourth-order valence-corrected chi connectivity index (χ4v) is 2.76. The number of hydrogen-bond donors (Lipinski definition) is 1. The van der Waals surface area contributed by atoms with E-state index in [0.717, 1.165) is 23.6 Å². The second kappa shape index (κ2) is 6.90. The van der Waals surface area contributed by atoms with Crippen molar-refractivity contribution in [1.29, 1.82) is 0 Å². The standard InChI is InChI=1S/C15H21ClN2O/c1-11-9-13(10-17-15(11)16)18-14(19)8-7-12-5-3-2-4-6-12/h9-10,12H,2-8H2,1H3,(H,18,19). The van der Waals surface area contributed by atoms with Crippen LogP contribution in [0.15, 0.2) is 12.3 Å². The van der Waals surface area contributed by atoms with Gasteiger partial charge in [-0.1, -0.05) is 43.7 Å². The first-order chi connectivity index (χ1) is 9.15. The van der Waals surface area contributed by atoms with Crippen LogP contribution in [0.1, 0.15) is 50.5 Å². The topological polar surface area (TPSA) is 42.0 Å². The zero-order chi connectivity index (χ0) is 13.7. The molecule has 0 saturated heterocycles. The molecule has 1 aliphatic rings. The lowest BCUT2D eigenvalue weighted by atomic mass is 9.86. The van der Waals surface area contributed by atoms with E-state index >= 15 is 0 Å². The quantitative estimate of drug-likeness (QED) is 0.834. The van der Waals surface area contributed by atoms with E-state index in [1.165, 1.54) is 32.1 Å². The van der Waals surface area contributed by atoms with Gasteiger partial charge in [-0.05, 0) is 30.9 Å². The van der Waals surface area contributed by atoms with Gasteiger partial charge in [0.1, 0.15) is 5.15 Å². The molecule has 1 heterocycles. The lowest BCUT2D eigenvalue weighted by molar-refractivity contribution is -0.116. The summed E-state index contributed by atoms with van der Waals surface area (Å²) in [4.78, 5) is 15.9. The number of aryl methyl sites for hydroxylation is 1. The number of rotatable bonds is 4. The summed E-state index contributed by atoms with van der Waals surface area (Å²) in [5.41, 5.74) is 1.61. The second-order valence-corrected chi connectivity index (χ2v) is 5.78. The van der Waals surface area contributed by atoms with Crippen LogP contribution in [-0.4, -0.2) is 10.9 Å². The molecule has 0 atom stereocenters. The van der Waals surface area contributed by atoms with E-state index in [9.17, 15) is 4.79 Å². The molecule has 1 amide bonds. The van der Waals surface area contributed by atoms with Crippen LogP contribution in [0.3, 0.4) is 0 Å². The highest BCUT2D eigenvalue weighted by Crippen LogP contribution is 2.27. The highest BCUT2D eigenvalue weighted by Gasteiger charge is 2.15. The van der Waals surface area contributed by atoms with E-state index < -0.39 is 0 Å². The van der Waals surface area contributed by atoms with Gasteiger partial charge in [0.05, 0.1) is 11.9 Å². The van der Waals surface area contributed by atoms with Crippen molar-refractivity contribution >= 4 is 23.2 Å². The molecule has 1 aromatic heterocycles. The molecule has 0 radical (unpaired) electrons. The molecule has 0 spiro atoms. The summed E-state index contributed by atoms with van der Waals surface area (Å²) >= 11 is 5.86. The summed E-state index contributed by atoms with van der Waals surface area (Å²) in [6.45, 7) is 1.88. The summed E-state index contributed by atoms with van der Waals surface area (Å²) < 4.78 is 0. The molecular formula is C15H21ClN2O. The lowest BCUT2D eigenvalue weighted by Gasteiger charge is -2.20. The van der Waals surface area contributed by atoms with Crippen molar-refractivity contribution in [2.75, 3.05) is 5.32 Å². The molecule has 19 heavy (non-hydrogen) atoms. The first-order valence-corrected chi connectivity index (χ1v) is 7.45. The van der Waals surface area contributed by atoms with Crippen LogP contribution in [0.4, 0.5) is 5.69 Å². The zero-order valence-corrected chi connectivity index (χ0v) is 12.2. The van der Waals surface area contributed by atoms with Gasteiger partial charge in [-0.2, -0.15) is 0 Å². The van der Waals surface area contributed by atoms with Crippen molar-refractivity contribution in [3.05, 3.63) is 23.0 Å². The van der Waals surface area contributed by atoms with Gasteiger partial charge in [-0.25, -0.2) is 4.98 Å². The van der Waals surface area contributed by atoms with Crippen molar-refractivity contribution in [3.63, 3.8) is 0 Å². The Balaban J connectivity index is 1.78. The number of nitrogens with zero attached hydrogens (tertiary/aromatic N) is 1. The number of nitrogens with one attached hydrogen (secondary N) is 1. The van der Waals surface area contributed by atoms with Gasteiger partial charge in [0.15, 0.2) is 0 Å². The molecular weight excluding hydrogens is 260 g/mol. The number of hydrogen-bond acceptors (Lipinski definition) is 2. The highest BCUT2D eigenvalue weighted by molar-refractivity contribution is 6.30. The van der Waals surface area contributed by atoms with E-state index in [1.54, 1.807) is 6.20 Å². The van der Waals surface area contributed by atoms with Crippen LogP contribution in [0.25, 0.3) is 0 Å². The van der Waals surface area contributed by atoms with Gasteiger partial charge in [-0.3, -0.25) is 4.79 Å². The first kappa shape index (κ1) is 14.3. The smallest absolute Gasteiger partial charge is 0.224 e. The first-order valence-electron chi connectivity index (χ1n) is 7.07. The van der Waals surface area contributed by atoms with Crippen molar-refractivity contribution in [2.24, 2.45) is 5.92 Å². The largest absolute Gasteiger partial charge is 0.325 e. The summed E-state index contributed by atoms with van der Waals surface area (Å²) in [5, 5.41) is 3.38. The van der Waals surface area contributed by atoms with E-state index in [-0.39, 0.29) is 5.91 Å². The summed E-state index contributed by atoms with van der Waals surface area (Å²) in [7, 11) is 0. The number of carbonyl (C=O) groups excluding carboxylic acids is 1. The lowest BCUT2D eigenvalue weighted by Crippen LogP contribution is -2.15. The average Bonchev–Trinajstić information content (AvgIpc) is 2.42. The van der Waals surface area contributed by atoms with Gasteiger partial charge < -0.3 is 5.32 Å². The van der Waals surface area contributed by atoms with Crippen molar-refractivity contribution in [2.45, 2.75) is 51.9 Å². The minimum atomic E-state index is 0.0779. The van der Waals surface area contributed by atoms with Crippen LogP contribution < -0.4 is 5.32 Å². The maximum Gasteiger partial charge on any atom is 0.224 e. The van der Waals surface area contributed by atoms with E-state index in [4.69, 9.17) is 11.6 Å². The van der Waals surface area contributed by atoms with Gasteiger partial charge in [0.2, 0.25) is 5.91 Å². The molecule has 4 heteroatoms. The van der Waals surface area contributed by atoms with E-state index in [1.807, 2.05) is 13.0 Å². The minimum absolute atomic E-state index is 0.0779. The molecule has 0 aliphatic heterocycles. The molecule has 1 saturated carbocycles. The van der Waals surface area contributed by atoms with Crippen LogP contribution >= 0.6 is 11.6 Å². The van der Waals surface area contributed by atoms with E-state index in [2.05, 4.69) is 10.3 Å². The fourth-order valence-electron chi connectivity index (χ4n) is 2.66. The van der Waals surface area contributed by atoms with Gasteiger partial charge in [-0.15, -0.1) is 0 Å². The molecule has 1 aliphatic carbocycles. The molecule has 104 valence electrons. The summed E-state index contributed by atoms with van der Waals surface area (Å²) in [6.07, 6.45) is 9.80. The minimum Gasteiger partial charge on any atom is -0.325 e. The molecule has 1 fully saturated rings. The average molecular weight is 281 g/mol. The number of halogens is 1. The summed E-state index contributed by atoms with van der Waals surface area (Å²) in [6, 6.07) is 1.86. The predicted octanol–water partition coefficient (Wildman–Crippen LogP) is 4.34. The van der Waals surface area contributed by atoms with Crippen LogP contribution in [-0.2, 0) is 4.79 Å². The maximum absolute atomic E-state index is 11.9. The van der Waals surface area contributed by atoms with Gasteiger partial charge in [0.25, 0.3) is 0 Å². The Morgan fingerprint density at radius 3 is 2.84 bits per heavy atom. The van der Waals surface area contributed by atoms with Crippen molar-refractivity contribution in [1.82, 2.24) is 4.98 Å². The molecule has 0 bridgehead atoms. The third-order valence-corrected chi connectivity index (χ3v) is 4.20. The number of anilines is 1. The van der Waals surface area contributed by atoms with Gasteiger partial charge in [0, 0.05) is 6.42 Å². The number of aromatic nitrogens is 1. The number of pyridine rings is 1. The Morgan fingerprint density at radius 1 is 1.42 bits per heavy atom. The molecule has 2 rings (SSSR count). The van der Waals surface area contributed by atoms with Crippen LogP contribution in [0.5, 0.6) is 0 Å². The molecule has 0 aromatic carbocycles. The zero-order valence-electron chi connectivity index (χ0n) is 11.4. The summed E-state index contributed by atoms with van der Waals surface area (Å²) in [5.74, 6) is 0.818. The number of amides is 1. The van der Waals surface area contributed by atoms with Crippen LogP contribution in [0.2, 0.25) is 5.15 Å². The van der Waals surface area contributed by atoms with Crippen molar-refractivity contribution < 1.29 is 4.79 Å². The normalized spacial score (nSPS) is 16.3. The molecule has 1 N–H and O–H groups in total. The maximum atomic E-state index is 11.9. The monoisotopic (exact) mass is 280 g/mol. The SMILES string of the molecule is Cc1cc(NC(=O)CCC2CCCCC2)cnc1Cl. The third-order valence-electron chi connectivity index (χ3n) is 3.80. The van der Waals surface area contributed by atoms with Gasteiger partial charge >= 0.3 is 0 Å². The third kappa shape index (κ3) is 4.50. The van der Waals surface area contributed by atoms with Crippen LogP contribution in [0, 0.1) is 12.8 Å². The fraction of sp³-hybridized carbons (Fsp3) is 0.600. The molecule has 1 aromatic rings. The Hall–Kier alpha value is -1.09. The molecule has 3 nitrogen and oxygen atoms in total. The number of carbonyl (C=O) groups is 1. The Morgan fingerprint density at radius 2 is 2.16 bits per heavy atom. The van der Waals surface area contributed by atoms with Crippen molar-refractivity contribution in [3.8, 4) is 0 Å². The molecule has 0 unspecified atom stereocenters. The Labute approximate surface area is 119 Å². The van der Waals surface area contributed by atoms with E-state index in [0.29, 0.717) is 11.6 Å². The second-order valence-electron chi connectivity index (χ2n) is 5.42. The predicted molar refractivity (Wildman–Crippen MR) is 78.4 cm³/mol. The Bertz CT molecular complexity index is 442.